The second-order valence-corrected chi connectivity index (χ2v) is 5.05. The van der Waals surface area contributed by atoms with Crippen LogP contribution in [0.25, 0.3) is 0 Å². The van der Waals surface area contributed by atoms with Crippen LogP contribution in [-0.2, 0) is 0 Å². The van der Waals surface area contributed by atoms with Gasteiger partial charge in [-0.15, -0.1) is 0 Å². The number of carbonyl (C=O) groups excluding carboxylic acids is 1. The quantitative estimate of drug-likeness (QED) is 0.678. The summed E-state index contributed by atoms with van der Waals surface area (Å²) in [4.78, 5) is 35.5. The first-order valence-electron chi connectivity index (χ1n) is 5.24. The van der Waals surface area contributed by atoms with Crippen LogP contribution >= 0.6 is 22.9 Å². The summed E-state index contributed by atoms with van der Waals surface area (Å²) in [5, 5.41) is 23.2. The number of hydrogen-bond donors (Lipinski definition) is 1. The van der Waals surface area contributed by atoms with E-state index in [0.29, 0.717) is 11.3 Å². The Hall–Kier alpha value is -2.59. The molecule has 1 aromatic heterocycles. The standard InChI is InChI=1S/C10H5ClN4O5S/c11-7-2-1-5(14(17)18)3-6(7)9(16)13-10-12-4-8(21-10)15(19)20/h1-4H,(H,12,13,16). The van der Waals surface area contributed by atoms with Crippen LogP contribution in [0.2, 0.25) is 5.02 Å². The fraction of sp³-hybridized carbons (Fsp3) is 0. The maximum Gasteiger partial charge on any atom is 0.345 e. The molecule has 0 saturated carbocycles. The van der Waals surface area contributed by atoms with Gasteiger partial charge in [0.25, 0.3) is 11.6 Å². The highest BCUT2D eigenvalue weighted by atomic mass is 35.5. The topological polar surface area (TPSA) is 128 Å². The van der Waals surface area contributed by atoms with Crippen molar-refractivity contribution in [3.63, 3.8) is 0 Å². The molecule has 0 bridgehead atoms. The summed E-state index contributed by atoms with van der Waals surface area (Å²) < 4.78 is 0. The van der Waals surface area contributed by atoms with Gasteiger partial charge in [-0.05, 0) is 17.4 Å². The predicted molar refractivity (Wildman–Crippen MR) is 74.8 cm³/mol. The SMILES string of the molecule is O=C(Nc1ncc([N+](=O)[O-])s1)c1cc([N+](=O)[O-])ccc1Cl. The lowest BCUT2D eigenvalue weighted by atomic mass is 10.2. The molecule has 0 atom stereocenters. The molecule has 0 spiro atoms. The molecule has 0 aliphatic carbocycles. The zero-order valence-electron chi connectivity index (χ0n) is 9.98. The fourth-order valence-corrected chi connectivity index (χ4v) is 2.20. The molecule has 9 nitrogen and oxygen atoms in total. The molecule has 1 aromatic carbocycles. The third-order valence-electron chi connectivity index (χ3n) is 2.30. The Bertz CT molecular complexity index is 747. The van der Waals surface area contributed by atoms with Crippen LogP contribution in [0.3, 0.4) is 0 Å². The van der Waals surface area contributed by atoms with E-state index in [4.69, 9.17) is 11.6 Å². The number of nitrogens with zero attached hydrogens (tertiary/aromatic N) is 3. The number of nitrogens with one attached hydrogen (secondary N) is 1. The van der Waals surface area contributed by atoms with Gasteiger partial charge in [-0.25, -0.2) is 4.98 Å². The van der Waals surface area contributed by atoms with Crippen LogP contribution in [0.1, 0.15) is 10.4 Å². The van der Waals surface area contributed by atoms with E-state index in [1.54, 1.807) is 0 Å². The Kier molecular flexibility index (Phi) is 4.10. The molecule has 0 radical (unpaired) electrons. The minimum Gasteiger partial charge on any atom is -0.298 e. The summed E-state index contributed by atoms with van der Waals surface area (Å²) in [5.74, 6) is -0.743. The van der Waals surface area contributed by atoms with Gasteiger partial charge in [-0.2, -0.15) is 0 Å². The van der Waals surface area contributed by atoms with Gasteiger partial charge in [0.1, 0.15) is 6.20 Å². The van der Waals surface area contributed by atoms with Crippen LogP contribution in [-0.4, -0.2) is 20.7 Å². The molecule has 0 aliphatic heterocycles. The number of halogens is 1. The minimum atomic E-state index is -0.743. The lowest BCUT2D eigenvalue weighted by Gasteiger charge is -2.03. The molecule has 0 unspecified atom stereocenters. The van der Waals surface area contributed by atoms with Crippen molar-refractivity contribution in [2.45, 2.75) is 0 Å². The molecule has 21 heavy (non-hydrogen) atoms. The summed E-state index contributed by atoms with van der Waals surface area (Å²) in [6, 6.07) is 3.39. The Morgan fingerprint density at radius 3 is 2.57 bits per heavy atom. The van der Waals surface area contributed by atoms with E-state index < -0.39 is 15.8 Å². The zero-order chi connectivity index (χ0) is 15.6. The van der Waals surface area contributed by atoms with Crippen molar-refractivity contribution in [2.75, 3.05) is 5.32 Å². The van der Waals surface area contributed by atoms with E-state index >= 15 is 0 Å². The van der Waals surface area contributed by atoms with Crippen molar-refractivity contribution in [1.82, 2.24) is 4.98 Å². The summed E-state index contributed by atoms with van der Waals surface area (Å²) >= 11 is 6.47. The molecule has 1 N–H and O–H groups in total. The first-order chi connectivity index (χ1) is 9.88. The third-order valence-corrected chi connectivity index (χ3v) is 3.49. The van der Waals surface area contributed by atoms with Gasteiger partial charge in [0.2, 0.25) is 0 Å². The molecule has 2 aromatic rings. The van der Waals surface area contributed by atoms with E-state index in [-0.39, 0.29) is 26.4 Å². The van der Waals surface area contributed by atoms with Crippen molar-refractivity contribution in [1.29, 1.82) is 0 Å². The number of nitro groups is 2. The lowest BCUT2D eigenvalue weighted by Crippen LogP contribution is -2.12. The van der Waals surface area contributed by atoms with E-state index in [2.05, 4.69) is 10.3 Å². The molecule has 2 rings (SSSR count). The second-order valence-electron chi connectivity index (χ2n) is 3.64. The lowest BCUT2D eigenvalue weighted by molar-refractivity contribution is -0.384. The van der Waals surface area contributed by atoms with Crippen LogP contribution in [0.5, 0.6) is 0 Å². The van der Waals surface area contributed by atoms with Crippen molar-refractivity contribution in [3.05, 3.63) is 55.2 Å². The molecule has 0 aliphatic rings. The molecule has 0 saturated heterocycles. The summed E-state index contributed by atoms with van der Waals surface area (Å²) in [7, 11) is 0. The van der Waals surface area contributed by atoms with Gasteiger partial charge in [-0.1, -0.05) is 11.6 Å². The number of rotatable bonds is 4. The maximum atomic E-state index is 12.0. The normalized spacial score (nSPS) is 10.1. The number of thiazole rings is 1. The van der Waals surface area contributed by atoms with Crippen LogP contribution < -0.4 is 5.32 Å². The Balaban J connectivity index is 2.25. The van der Waals surface area contributed by atoms with Crippen LogP contribution in [0.15, 0.2) is 24.4 Å². The first-order valence-corrected chi connectivity index (χ1v) is 6.43. The average Bonchev–Trinajstić information content (AvgIpc) is 2.87. The summed E-state index contributed by atoms with van der Waals surface area (Å²) in [6.45, 7) is 0. The molecule has 1 heterocycles. The van der Waals surface area contributed by atoms with Crippen molar-refractivity contribution in [3.8, 4) is 0 Å². The average molecular weight is 329 g/mol. The highest BCUT2D eigenvalue weighted by Crippen LogP contribution is 2.27. The van der Waals surface area contributed by atoms with Crippen LogP contribution in [0, 0.1) is 20.2 Å². The van der Waals surface area contributed by atoms with Gasteiger partial charge < -0.3 is 0 Å². The highest BCUT2D eigenvalue weighted by molar-refractivity contribution is 7.18. The summed E-state index contributed by atoms with van der Waals surface area (Å²) in [5.41, 5.74) is -0.418. The third kappa shape index (κ3) is 3.30. The minimum absolute atomic E-state index is 0.00530. The van der Waals surface area contributed by atoms with Gasteiger partial charge in [-0.3, -0.25) is 30.3 Å². The van der Waals surface area contributed by atoms with E-state index in [1.807, 2.05) is 0 Å². The molecule has 108 valence electrons. The zero-order valence-corrected chi connectivity index (χ0v) is 11.6. The Morgan fingerprint density at radius 1 is 1.29 bits per heavy atom. The summed E-state index contributed by atoms with van der Waals surface area (Å²) in [6.07, 6.45) is 0.995. The molecular formula is C10H5ClN4O5S. The van der Waals surface area contributed by atoms with E-state index in [0.717, 1.165) is 18.3 Å². The molecule has 11 heteroatoms. The van der Waals surface area contributed by atoms with E-state index in [9.17, 15) is 25.0 Å². The van der Waals surface area contributed by atoms with Gasteiger partial charge >= 0.3 is 5.00 Å². The number of carbonyl (C=O) groups is 1. The smallest absolute Gasteiger partial charge is 0.298 e. The number of non-ortho nitro benzene ring substituents is 1. The molecular weight excluding hydrogens is 324 g/mol. The monoisotopic (exact) mass is 328 g/mol. The number of benzene rings is 1. The van der Waals surface area contributed by atoms with Crippen molar-refractivity contribution in [2.24, 2.45) is 0 Å². The predicted octanol–water partition coefficient (Wildman–Crippen LogP) is 2.87. The fourth-order valence-electron chi connectivity index (χ4n) is 1.37. The number of aromatic nitrogens is 1. The van der Waals surface area contributed by atoms with Crippen molar-refractivity contribution < 1.29 is 14.6 Å². The number of anilines is 1. The van der Waals surface area contributed by atoms with Gasteiger partial charge in [0.15, 0.2) is 5.13 Å². The number of hydrogen-bond acceptors (Lipinski definition) is 7. The Labute approximate surface area is 125 Å². The maximum absolute atomic E-state index is 12.0. The van der Waals surface area contributed by atoms with Crippen LogP contribution in [0.4, 0.5) is 15.8 Å². The first kappa shape index (κ1) is 14.8. The molecule has 1 amide bonds. The Morgan fingerprint density at radius 2 is 2.00 bits per heavy atom. The molecule has 0 fully saturated rings. The number of amides is 1. The van der Waals surface area contributed by atoms with Gasteiger partial charge in [0, 0.05) is 12.1 Å². The van der Waals surface area contributed by atoms with E-state index in [1.165, 1.54) is 6.07 Å². The second kappa shape index (κ2) is 5.81. The highest BCUT2D eigenvalue weighted by Gasteiger charge is 2.18. The number of nitro benzene ring substituents is 1. The largest absolute Gasteiger partial charge is 0.345 e. The van der Waals surface area contributed by atoms with Gasteiger partial charge in [0.05, 0.1) is 20.4 Å². The van der Waals surface area contributed by atoms with Crippen molar-refractivity contribution >= 4 is 44.7 Å².